The Hall–Kier alpha value is -5.82. The standard InChI is InChI=1S/C40H37NO6/c1-28-5-15-34(16-6-28)41(35-17-7-29(2)8-18-35)36-19-9-31(10-20-36)27-39(32-11-21-37(44-4)22-12-32)33-13-23-38(24-14-33)47-40(43)46-26-25-45-30(3)42/h5-24,27H,25-26H2,1-4H3. The van der Waals surface area contributed by atoms with Crippen molar-refractivity contribution in [3.05, 3.63) is 149 Å². The number of nitrogens with zero attached hydrogens (tertiary/aromatic N) is 1. The van der Waals surface area contributed by atoms with Gasteiger partial charge in [-0.05, 0) is 103 Å². The Kier molecular flexibility index (Phi) is 10.7. The SMILES string of the molecule is COc1ccc(C(=Cc2ccc(N(c3ccc(C)cc3)c3ccc(C)cc3)cc2)c2ccc(OC(=O)OCCOC(C)=O)cc2)cc1. The van der Waals surface area contributed by atoms with Crippen molar-refractivity contribution in [3.8, 4) is 11.5 Å². The minimum absolute atomic E-state index is 0.0314. The van der Waals surface area contributed by atoms with Crippen LogP contribution in [0.25, 0.3) is 11.6 Å². The third-order valence-electron chi connectivity index (χ3n) is 7.42. The summed E-state index contributed by atoms with van der Waals surface area (Å²) in [6.45, 7) is 5.35. The van der Waals surface area contributed by atoms with Crippen molar-refractivity contribution in [2.75, 3.05) is 25.2 Å². The third-order valence-corrected chi connectivity index (χ3v) is 7.42. The van der Waals surface area contributed by atoms with Gasteiger partial charge in [0.2, 0.25) is 0 Å². The van der Waals surface area contributed by atoms with E-state index >= 15 is 0 Å². The summed E-state index contributed by atoms with van der Waals surface area (Å²) in [6, 6.07) is 40.6. The van der Waals surface area contributed by atoms with Gasteiger partial charge < -0.3 is 23.8 Å². The lowest BCUT2D eigenvalue weighted by Gasteiger charge is -2.26. The highest BCUT2D eigenvalue weighted by atomic mass is 16.7. The maximum Gasteiger partial charge on any atom is 0.513 e. The second-order valence-corrected chi connectivity index (χ2v) is 10.9. The summed E-state index contributed by atoms with van der Waals surface area (Å²) in [7, 11) is 1.64. The fraction of sp³-hybridized carbons (Fsp3) is 0.150. The van der Waals surface area contributed by atoms with Gasteiger partial charge in [0.15, 0.2) is 0 Å². The lowest BCUT2D eigenvalue weighted by molar-refractivity contribution is -0.142. The smallest absolute Gasteiger partial charge is 0.497 e. The molecule has 0 radical (unpaired) electrons. The number of carbonyl (C=O) groups is 2. The molecule has 5 aromatic rings. The van der Waals surface area contributed by atoms with E-state index < -0.39 is 12.1 Å². The average molecular weight is 628 g/mol. The van der Waals surface area contributed by atoms with Crippen LogP contribution in [0.4, 0.5) is 21.9 Å². The molecule has 0 saturated heterocycles. The number of aryl methyl sites for hydroxylation is 2. The number of hydrogen-bond acceptors (Lipinski definition) is 7. The van der Waals surface area contributed by atoms with Gasteiger partial charge >= 0.3 is 12.1 Å². The molecule has 47 heavy (non-hydrogen) atoms. The van der Waals surface area contributed by atoms with Crippen molar-refractivity contribution < 1.29 is 28.5 Å². The van der Waals surface area contributed by atoms with Crippen LogP contribution in [0.1, 0.15) is 34.7 Å². The molecule has 238 valence electrons. The van der Waals surface area contributed by atoms with E-state index in [2.05, 4.69) is 97.6 Å². The topological polar surface area (TPSA) is 74.3 Å². The average Bonchev–Trinajstić information content (AvgIpc) is 3.08. The number of anilines is 3. The van der Waals surface area contributed by atoms with Crippen molar-refractivity contribution in [3.63, 3.8) is 0 Å². The summed E-state index contributed by atoms with van der Waals surface area (Å²) in [4.78, 5) is 25.2. The summed E-state index contributed by atoms with van der Waals surface area (Å²) >= 11 is 0. The Labute approximate surface area is 275 Å². The number of ether oxygens (including phenoxy) is 4. The highest BCUT2D eigenvalue weighted by Crippen LogP contribution is 2.36. The molecule has 0 atom stereocenters. The highest BCUT2D eigenvalue weighted by Gasteiger charge is 2.14. The van der Waals surface area contributed by atoms with Crippen LogP contribution in [0.15, 0.2) is 121 Å². The lowest BCUT2D eigenvalue weighted by atomic mass is 9.95. The van der Waals surface area contributed by atoms with E-state index in [1.807, 2.05) is 36.4 Å². The highest BCUT2D eigenvalue weighted by molar-refractivity contribution is 5.92. The third kappa shape index (κ3) is 8.89. The summed E-state index contributed by atoms with van der Waals surface area (Å²) in [5, 5.41) is 0. The summed E-state index contributed by atoms with van der Waals surface area (Å²) in [5.74, 6) is 0.651. The van der Waals surface area contributed by atoms with E-state index in [9.17, 15) is 9.59 Å². The molecule has 0 aromatic heterocycles. The molecule has 0 amide bonds. The van der Waals surface area contributed by atoms with E-state index in [-0.39, 0.29) is 13.2 Å². The molecule has 7 heteroatoms. The molecule has 0 aliphatic carbocycles. The first kappa shape index (κ1) is 32.6. The molecule has 0 bridgehead atoms. The molecule has 0 heterocycles. The van der Waals surface area contributed by atoms with Crippen LogP contribution in [-0.2, 0) is 14.3 Å². The Morgan fingerprint density at radius 2 is 1.04 bits per heavy atom. The van der Waals surface area contributed by atoms with Gasteiger partial charge in [0.05, 0.1) is 7.11 Å². The largest absolute Gasteiger partial charge is 0.513 e. The molecule has 0 aliphatic rings. The van der Waals surface area contributed by atoms with Gasteiger partial charge in [-0.2, -0.15) is 0 Å². The van der Waals surface area contributed by atoms with E-state index in [1.54, 1.807) is 19.2 Å². The van der Waals surface area contributed by atoms with E-state index in [0.717, 1.165) is 45.1 Å². The van der Waals surface area contributed by atoms with Crippen molar-refractivity contribution in [2.45, 2.75) is 20.8 Å². The van der Waals surface area contributed by atoms with E-state index in [1.165, 1.54) is 18.1 Å². The molecule has 7 nitrogen and oxygen atoms in total. The molecular formula is C40H37NO6. The molecule has 5 aromatic carbocycles. The number of carbonyl (C=O) groups excluding carboxylic acids is 2. The van der Waals surface area contributed by atoms with Crippen LogP contribution in [-0.4, -0.2) is 32.4 Å². The molecule has 0 unspecified atom stereocenters. The van der Waals surface area contributed by atoms with Crippen LogP contribution < -0.4 is 14.4 Å². The lowest BCUT2D eigenvalue weighted by Crippen LogP contribution is -2.15. The number of hydrogen-bond donors (Lipinski definition) is 0. The summed E-state index contributed by atoms with van der Waals surface area (Å²) in [5.41, 5.74) is 9.54. The Morgan fingerprint density at radius 1 is 0.596 bits per heavy atom. The summed E-state index contributed by atoms with van der Waals surface area (Å²) < 4.78 is 20.4. The first-order valence-electron chi connectivity index (χ1n) is 15.3. The fourth-order valence-electron chi connectivity index (χ4n) is 4.96. The van der Waals surface area contributed by atoms with Gasteiger partial charge in [0.1, 0.15) is 24.7 Å². The molecular weight excluding hydrogens is 590 g/mol. The molecule has 0 spiro atoms. The zero-order valence-electron chi connectivity index (χ0n) is 26.9. The first-order chi connectivity index (χ1) is 22.8. The second kappa shape index (κ2) is 15.5. The number of benzene rings is 5. The number of rotatable bonds is 11. The van der Waals surface area contributed by atoms with Crippen LogP contribution in [0.5, 0.6) is 11.5 Å². The van der Waals surface area contributed by atoms with Crippen molar-refractivity contribution in [1.29, 1.82) is 0 Å². The van der Waals surface area contributed by atoms with Crippen LogP contribution in [0, 0.1) is 13.8 Å². The number of esters is 1. The monoisotopic (exact) mass is 627 g/mol. The van der Waals surface area contributed by atoms with Crippen LogP contribution in [0.2, 0.25) is 0 Å². The Bertz CT molecular complexity index is 1760. The minimum atomic E-state index is -0.874. The minimum Gasteiger partial charge on any atom is -0.497 e. The molecule has 0 N–H and O–H groups in total. The van der Waals surface area contributed by atoms with Crippen molar-refractivity contribution in [1.82, 2.24) is 0 Å². The fourth-order valence-corrected chi connectivity index (χ4v) is 4.96. The van der Waals surface area contributed by atoms with Crippen LogP contribution in [0.3, 0.4) is 0 Å². The second-order valence-electron chi connectivity index (χ2n) is 10.9. The van der Waals surface area contributed by atoms with E-state index in [0.29, 0.717) is 5.75 Å². The number of methoxy groups -OCH3 is 1. The predicted octanol–water partition coefficient (Wildman–Crippen LogP) is 9.45. The zero-order chi connectivity index (χ0) is 33.2. The van der Waals surface area contributed by atoms with Gasteiger partial charge in [-0.3, -0.25) is 4.79 Å². The Balaban J connectivity index is 1.42. The quantitative estimate of drug-likeness (QED) is 0.0625. The van der Waals surface area contributed by atoms with Gasteiger partial charge in [0.25, 0.3) is 0 Å². The maximum atomic E-state index is 12.1. The normalized spacial score (nSPS) is 11.0. The molecule has 0 aliphatic heterocycles. The van der Waals surface area contributed by atoms with Gasteiger partial charge in [-0.15, -0.1) is 0 Å². The van der Waals surface area contributed by atoms with Crippen molar-refractivity contribution >= 4 is 40.8 Å². The predicted molar refractivity (Wildman–Crippen MR) is 186 cm³/mol. The molecule has 0 fully saturated rings. The molecule has 5 rings (SSSR count). The van der Waals surface area contributed by atoms with Gasteiger partial charge in [-0.25, -0.2) is 4.79 Å². The summed E-state index contributed by atoms with van der Waals surface area (Å²) in [6.07, 6.45) is 1.26. The maximum absolute atomic E-state index is 12.1. The van der Waals surface area contributed by atoms with E-state index in [4.69, 9.17) is 18.9 Å². The van der Waals surface area contributed by atoms with Gasteiger partial charge in [-0.1, -0.05) is 71.8 Å². The van der Waals surface area contributed by atoms with Crippen molar-refractivity contribution in [2.24, 2.45) is 0 Å². The first-order valence-corrected chi connectivity index (χ1v) is 15.3. The van der Waals surface area contributed by atoms with Crippen LogP contribution >= 0.6 is 0 Å². The zero-order valence-corrected chi connectivity index (χ0v) is 26.9. The van der Waals surface area contributed by atoms with Gasteiger partial charge in [0, 0.05) is 24.0 Å². The molecule has 0 saturated carbocycles. The Morgan fingerprint density at radius 3 is 1.51 bits per heavy atom.